The van der Waals surface area contributed by atoms with Gasteiger partial charge < -0.3 is 5.73 Å². The molecule has 0 aromatic carbocycles. The molecule has 0 spiro atoms. The molecule has 1 aliphatic carbocycles. The van der Waals surface area contributed by atoms with E-state index >= 15 is 0 Å². The molecule has 0 bridgehead atoms. The first-order valence-corrected chi connectivity index (χ1v) is 4.44. The molecule has 0 heterocycles. The van der Waals surface area contributed by atoms with Crippen LogP contribution in [0.5, 0.6) is 0 Å². The summed E-state index contributed by atoms with van der Waals surface area (Å²) in [5.41, 5.74) is 9.42. The van der Waals surface area contributed by atoms with Gasteiger partial charge in [0, 0.05) is 12.1 Å². The van der Waals surface area contributed by atoms with Crippen molar-refractivity contribution in [2.24, 2.45) is 11.7 Å². The molecule has 1 heteroatoms. The van der Waals surface area contributed by atoms with Crippen molar-refractivity contribution >= 4 is 0 Å². The second-order valence-electron chi connectivity index (χ2n) is 3.62. The Balaban J connectivity index is 3.02. The molecule has 0 aliphatic heterocycles. The van der Waals surface area contributed by atoms with Crippen molar-refractivity contribution in [3.8, 4) is 0 Å². The fourth-order valence-corrected chi connectivity index (χ4v) is 1.52. The van der Waals surface area contributed by atoms with E-state index in [1.807, 2.05) is 0 Å². The van der Waals surface area contributed by atoms with Gasteiger partial charge in [0.05, 0.1) is 0 Å². The highest BCUT2D eigenvalue weighted by atomic mass is 14.6. The zero-order valence-corrected chi connectivity index (χ0v) is 8.09. The molecule has 0 radical (unpaired) electrons. The first-order chi connectivity index (χ1) is 5.61. The predicted octanol–water partition coefficient (Wildman–Crippen LogP) is 2.76. The summed E-state index contributed by atoms with van der Waals surface area (Å²) in [4.78, 5) is 0. The Bertz CT molecular complexity index is 254. The van der Waals surface area contributed by atoms with Gasteiger partial charge >= 0.3 is 0 Å². The Morgan fingerprint density at radius 2 is 2.08 bits per heavy atom. The molecule has 12 heavy (non-hydrogen) atoms. The van der Waals surface area contributed by atoms with Crippen LogP contribution in [0.2, 0.25) is 0 Å². The van der Waals surface area contributed by atoms with Crippen molar-refractivity contribution in [1.29, 1.82) is 0 Å². The van der Waals surface area contributed by atoms with Crippen LogP contribution >= 0.6 is 0 Å². The van der Waals surface area contributed by atoms with E-state index < -0.39 is 0 Å². The van der Waals surface area contributed by atoms with Gasteiger partial charge in [-0.25, -0.2) is 0 Å². The van der Waals surface area contributed by atoms with Crippen molar-refractivity contribution < 1.29 is 0 Å². The van der Waals surface area contributed by atoms with Crippen molar-refractivity contribution in [2.45, 2.75) is 27.2 Å². The molecule has 2 N–H and O–H groups in total. The zero-order chi connectivity index (χ0) is 9.14. The number of hydrogen-bond acceptors (Lipinski definition) is 1. The summed E-state index contributed by atoms with van der Waals surface area (Å²) in [5, 5.41) is 0. The molecule has 0 aromatic heterocycles. The van der Waals surface area contributed by atoms with E-state index in [1.54, 1.807) is 0 Å². The first-order valence-electron chi connectivity index (χ1n) is 4.44. The summed E-state index contributed by atoms with van der Waals surface area (Å²) in [5.74, 6) is 0.586. The largest absolute Gasteiger partial charge is 0.402 e. The molecular formula is C11H17N. The average Bonchev–Trinajstić information content (AvgIpc) is 2.10. The second kappa shape index (κ2) is 3.61. The maximum absolute atomic E-state index is 5.76. The van der Waals surface area contributed by atoms with E-state index in [1.165, 1.54) is 11.1 Å². The molecule has 0 amide bonds. The highest BCUT2D eigenvalue weighted by Gasteiger charge is 2.05. The molecule has 1 aliphatic rings. The summed E-state index contributed by atoms with van der Waals surface area (Å²) >= 11 is 0. The van der Waals surface area contributed by atoms with Gasteiger partial charge in [-0.1, -0.05) is 26.0 Å². The van der Waals surface area contributed by atoms with Crippen molar-refractivity contribution in [2.75, 3.05) is 0 Å². The van der Waals surface area contributed by atoms with Gasteiger partial charge in [-0.3, -0.25) is 0 Å². The number of allylic oxidation sites excluding steroid dienone is 5. The fraction of sp³-hybridized carbons (Fsp3) is 0.455. The van der Waals surface area contributed by atoms with E-state index in [9.17, 15) is 0 Å². The standard InChI is InChI=1S/C11H17N/c1-8(2)11-6-4-5-10(12)7-9(11)3/h4,6-8H,5,12H2,1-3H3. The van der Waals surface area contributed by atoms with Gasteiger partial charge in [0.1, 0.15) is 0 Å². The minimum atomic E-state index is 0.586. The molecular weight excluding hydrogens is 146 g/mol. The normalized spacial score (nSPS) is 18.2. The quantitative estimate of drug-likeness (QED) is 0.632. The predicted molar refractivity (Wildman–Crippen MR) is 53.6 cm³/mol. The van der Waals surface area contributed by atoms with E-state index in [2.05, 4.69) is 39.0 Å². The molecule has 0 saturated heterocycles. The topological polar surface area (TPSA) is 26.0 Å². The molecule has 0 atom stereocenters. The summed E-state index contributed by atoms with van der Waals surface area (Å²) in [7, 11) is 0. The highest BCUT2D eigenvalue weighted by molar-refractivity contribution is 5.37. The van der Waals surface area contributed by atoms with Crippen LogP contribution in [0.4, 0.5) is 0 Å². The zero-order valence-electron chi connectivity index (χ0n) is 8.09. The highest BCUT2D eigenvalue weighted by Crippen LogP contribution is 2.21. The second-order valence-corrected chi connectivity index (χ2v) is 3.62. The van der Waals surface area contributed by atoms with Crippen LogP contribution in [-0.4, -0.2) is 0 Å². The van der Waals surface area contributed by atoms with Crippen LogP contribution in [-0.2, 0) is 0 Å². The molecule has 0 unspecified atom stereocenters. The van der Waals surface area contributed by atoms with Gasteiger partial charge in [0.25, 0.3) is 0 Å². The smallest absolute Gasteiger partial charge is 0.0122 e. The van der Waals surface area contributed by atoms with Gasteiger partial charge in [-0.2, -0.15) is 0 Å². The Morgan fingerprint density at radius 1 is 1.42 bits per heavy atom. The summed E-state index contributed by atoms with van der Waals surface area (Å²) < 4.78 is 0. The van der Waals surface area contributed by atoms with Gasteiger partial charge in [-0.05, 0) is 30.1 Å². The Labute approximate surface area is 74.7 Å². The molecule has 0 saturated carbocycles. The lowest BCUT2D eigenvalue weighted by Gasteiger charge is -2.07. The van der Waals surface area contributed by atoms with Crippen LogP contribution in [0.3, 0.4) is 0 Å². The lowest BCUT2D eigenvalue weighted by molar-refractivity contribution is 0.784. The van der Waals surface area contributed by atoms with Crippen molar-refractivity contribution in [3.05, 3.63) is 35.1 Å². The Morgan fingerprint density at radius 3 is 2.67 bits per heavy atom. The van der Waals surface area contributed by atoms with Crippen LogP contribution in [0.15, 0.2) is 35.1 Å². The molecule has 66 valence electrons. The Kier molecular flexibility index (Phi) is 2.74. The summed E-state index contributed by atoms with van der Waals surface area (Å²) in [6.07, 6.45) is 7.29. The van der Waals surface area contributed by atoms with Gasteiger partial charge in [0.2, 0.25) is 0 Å². The molecule has 1 nitrogen and oxygen atoms in total. The number of nitrogens with two attached hydrogens (primary N) is 1. The van der Waals surface area contributed by atoms with Crippen LogP contribution in [0.1, 0.15) is 27.2 Å². The lowest BCUT2D eigenvalue weighted by Crippen LogP contribution is -1.95. The summed E-state index contributed by atoms with van der Waals surface area (Å²) in [6, 6.07) is 0. The SMILES string of the molecule is CC1=C(C(C)C)C=CCC(N)=C1. The monoisotopic (exact) mass is 163 g/mol. The fourth-order valence-electron chi connectivity index (χ4n) is 1.52. The average molecular weight is 163 g/mol. The molecule has 0 fully saturated rings. The lowest BCUT2D eigenvalue weighted by atomic mass is 9.98. The van der Waals surface area contributed by atoms with E-state index in [0.29, 0.717) is 5.92 Å². The summed E-state index contributed by atoms with van der Waals surface area (Å²) in [6.45, 7) is 6.54. The third-order valence-electron chi connectivity index (χ3n) is 2.13. The van der Waals surface area contributed by atoms with Crippen molar-refractivity contribution in [1.82, 2.24) is 0 Å². The first kappa shape index (κ1) is 9.11. The van der Waals surface area contributed by atoms with Crippen molar-refractivity contribution in [3.63, 3.8) is 0 Å². The van der Waals surface area contributed by atoms with Crippen LogP contribution in [0.25, 0.3) is 0 Å². The third kappa shape index (κ3) is 2.00. The minimum absolute atomic E-state index is 0.586. The number of hydrogen-bond donors (Lipinski definition) is 1. The van der Waals surface area contributed by atoms with E-state index in [4.69, 9.17) is 5.73 Å². The Hall–Kier alpha value is -0.980. The van der Waals surface area contributed by atoms with Crippen LogP contribution < -0.4 is 5.73 Å². The van der Waals surface area contributed by atoms with Gasteiger partial charge in [0.15, 0.2) is 0 Å². The molecule has 1 rings (SSSR count). The maximum Gasteiger partial charge on any atom is 0.0122 e. The maximum atomic E-state index is 5.76. The third-order valence-corrected chi connectivity index (χ3v) is 2.13. The van der Waals surface area contributed by atoms with Gasteiger partial charge in [-0.15, -0.1) is 0 Å². The molecule has 0 aromatic rings. The van der Waals surface area contributed by atoms with E-state index in [-0.39, 0.29) is 0 Å². The van der Waals surface area contributed by atoms with E-state index in [0.717, 1.165) is 12.1 Å². The minimum Gasteiger partial charge on any atom is -0.402 e. The van der Waals surface area contributed by atoms with Crippen LogP contribution in [0, 0.1) is 5.92 Å². The number of rotatable bonds is 1.